The van der Waals surface area contributed by atoms with E-state index < -0.39 is 0 Å². The van der Waals surface area contributed by atoms with Crippen LogP contribution in [0.4, 0.5) is 5.95 Å². The Morgan fingerprint density at radius 3 is 2.53 bits per heavy atom. The number of para-hydroxylation sites is 1. The first-order chi connectivity index (χ1) is 16.6. The number of hydrogen-bond acceptors (Lipinski definition) is 5. The molecule has 7 heteroatoms. The van der Waals surface area contributed by atoms with Crippen LogP contribution in [0, 0.1) is 12.8 Å². The summed E-state index contributed by atoms with van der Waals surface area (Å²) >= 11 is 0. The highest BCUT2D eigenvalue weighted by Gasteiger charge is 2.34. The number of hydrogen-bond donors (Lipinski definition) is 0. The summed E-state index contributed by atoms with van der Waals surface area (Å²) in [6.45, 7) is 6.46. The van der Waals surface area contributed by atoms with Crippen LogP contribution in [0.25, 0.3) is 27.9 Å². The Labute approximate surface area is 199 Å². The van der Waals surface area contributed by atoms with Crippen LogP contribution in [0.2, 0.25) is 0 Å². The second kappa shape index (κ2) is 8.38. The fourth-order valence-corrected chi connectivity index (χ4v) is 5.65. The van der Waals surface area contributed by atoms with Crippen LogP contribution in [0.1, 0.15) is 38.2 Å². The SMILES string of the molecule is Cc1ccccc1-c1nnc2c3ccccc3nc(N3CCN(C(=O)C4CCCC4)[C@H](C)C3)n12. The standard InChI is InChI=1S/C27H30N6O/c1-18-9-3-6-12-21(18)24-29-30-25-22-13-7-8-14-23(22)28-27(33(24)25)31-15-16-32(19(2)17-31)26(34)20-10-4-5-11-20/h3,6-9,12-14,19-20H,4-5,10-11,15-17H2,1-2H3/t19-/m1/s1. The minimum Gasteiger partial charge on any atom is -0.338 e. The third-order valence-electron chi connectivity index (χ3n) is 7.51. The van der Waals surface area contributed by atoms with Gasteiger partial charge in [0, 0.05) is 42.5 Å². The number of rotatable bonds is 3. The van der Waals surface area contributed by atoms with Crippen LogP contribution < -0.4 is 4.90 Å². The number of carbonyl (C=O) groups excluding carboxylic acids is 1. The molecule has 1 amide bonds. The van der Waals surface area contributed by atoms with Crippen molar-refractivity contribution in [1.29, 1.82) is 0 Å². The smallest absolute Gasteiger partial charge is 0.226 e. The summed E-state index contributed by atoms with van der Waals surface area (Å²) in [5.41, 5.74) is 3.93. The fourth-order valence-electron chi connectivity index (χ4n) is 5.65. The van der Waals surface area contributed by atoms with Crippen molar-refractivity contribution in [2.75, 3.05) is 24.5 Å². The van der Waals surface area contributed by atoms with Gasteiger partial charge in [0.15, 0.2) is 11.5 Å². The lowest BCUT2D eigenvalue weighted by Gasteiger charge is -2.41. The Bertz CT molecular complexity index is 1370. The van der Waals surface area contributed by atoms with E-state index in [-0.39, 0.29) is 12.0 Å². The van der Waals surface area contributed by atoms with Gasteiger partial charge in [0.2, 0.25) is 11.9 Å². The highest BCUT2D eigenvalue weighted by molar-refractivity contribution is 5.93. The van der Waals surface area contributed by atoms with Gasteiger partial charge >= 0.3 is 0 Å². The van der Waals surface area contributed by atoms with Gasteiger partial charge in [-0.3, -0.25) is 4.79 Å². The minimum absolute atomic E-state index is 0.128. The molecular weight excluding hydrogens is 424 g/mol. The van der Waals surface area contributed by atoms with Crippen LogP contribution in [0.5, 0.6) is 0 Å². The van der Waals surface area contributed by atoms with Gasteiger partial charge in [-0.25, -0.2) is 9.38 Å². The molecule has 2 aliphatic rings. The Morgan fingerprint density at radius 2 is 1.74 bits per heavy atom. The second-order valence-electron chi connectivity index (χ2n) is 9.73. The van der Waals surface area contributed by atoms with Gasteiger partial charge in [-0.05, 0) is 44.4 Å². The van der Waals surface area contributed by atoms with Gasteiger partial charge in [-0.15, -0.1) is 10.2 Å². The topological polar surface area (TPSA) is 66.6 Å². The summed E-state index contributed by atoms with van der Waals surface area (Å²) in [4.78, 5) is 22.6. The van der Waals surface area contributed by atoms with Crippen molar-refractivity contribution in [2.45, 2.75) is 45.6 Å². The highest BCUT2D eigenvalue weighted by atomic mass is 16.2. The molecule has 2 aromatic heterocycles. The number of aryl methyl sites for hydroxylation is 1. The van der Waals surface area contributed by atoms with Crippen LogP contribution in [0.15, 0.2) is 48.5 Å². The molecule has 0 N–H and O–H groups in total. The number of anilines is 1. The van der Waals surface area contributed by atoms with Crippen molar-refractivity contribution >= 4 is 28.4 Å². The average Bonchev–Trinajstić information content (AvgIpc) is 3.54. The molecule has 1 saturated heterocycles. The zero-order valence-electron chi connectivity index (χ0n) is 19.8. The summed E-state index contributed by atoms with van der Waals surface area (Å²) in [7, 11) is 0. The number of piperazine rings is 1. The van der Waals surface area contributed by atoms with E-state index in [0.717, 1.165) is 65.4 Å². The normalized spacial score (nSPS) is 19.4. The molecule has 6 rings (SSSR count). The zero-order valence-corrected chi connectivity index (χ0v) is 19.8. The molecule has 0 radical (unpaired) electrons. The van der Waals surface area contributed by atoms with E-state index in [9.17, 15) is 4.79 Å². The Balaban J connectivity index is 1.43. The summed E-state index contributed by atoms with van der Waals surface area (Å²) in [5.74, 6) is 2.20. The average molecular weight is 455 g/mol. The maximum absolute atomic E-state index is 13.1. The maximum Gasteiger partial charge on any atom is 0.226 e. The van der Waals surface area contributed by atoms with E-state index in [0.29, 0.717) is 12.5 Å². The Hall–Kier alpha value is -3.48. The molecule has 0 unspecified atom stereocenters. The van der Waals surface area contributed by atoms with Crippen LogP contribution in [0.3, 0.4) is 0 Å². The third-order valence-corrected chi connectivity index (χ3v) is 7.51. The van der Waals surface area contributed by atoms with E-state index in [1.807, 2.05) is 30.3 Å². The molecule has 34 heavy (non-hydrogen) atoms. The van der Waals surface area contributed by atoms with Crippen molar-refractivity contribution in [1.82, 2.24) is 24.5 Å². The molecular formula is C27H30N6O. The minimum atomic E-state index is 0.128. The van der Waals surface area contributed by atoms with Crippen molar-refractivity contribution in [3.8, 4) is 11.4 Å². The highest BCUT2D eigenvalue weighted by Crippen LogP contribution is 2.32. The van der Waals surface area contributed by atoms with Crippen molar-refractivity contribution in [3.05, 3.63) is 54.1 Å². The number of fused-ring (bicyclic) bond motifs is 3. The quantitative estimate of drug-likeness (QED) is 0.457. The Kier molecular flexibility index (Phi) is 5.20. The Morgan fingerprint density at radius 1 is 0.971 bits per heavy atom. The zero-order chi connectivity index (χ0) is 23.2. The van der Waals surface area contributed by atoms with Crippen molar-refractivity contribution in [3.63, 3.8) is 0 Å². The number of benzene rings is 2. The molecule has 1 aliphatic heterocycles. The number of aromatic nitrogens is 4. The maximum atomic E-state index is 13.1. The first-order valence-electron chi connectivity index (χ1n) is 12.4. The van der Waals surface area contributed by atoms with Gasteiger partial charge in [0.25, 0.3) is 0 Å². The summed E-state index contributed by atoms with van der Waals surface area (Å²) in [6, 6.07) is 16.5. The molecule has 1 saturated carbocycles. The number of amides is 1. The predicted molar refractivity (Wildman–Crippen MR) is 134 cm³/mol. The predicted octanol–water partition coefficient (Wildman–Crippen LogP) is 4.48. The molecule has 174 valence electrons. The molecule has 1 aliphatic carbocycles. The van der Waals surface area contributed by atoms with E-state index >= 15 is 0 Å². The van der Waals surface area contributed by atoms with Gasteiger partial charge in [-0.2, -0.15) is 0 Å². The van der Waals surface area contributed by atoms with Crippen LogP contribution >= 0.6 is 0 Å². The molecule has 2 aromatic carbocycles. The first kappa shape index (κ1) is 21.1. The van der Waals surface area contributed by atoms with Gasteiger partial charge in [0.1, 0.15) is 0 Å². The number of nitrogens with zero attached hydrogens (tertiary/aromatic N) is 6. The van der Waals surface area contributed by atoms with E-state index in [4.69, 9.17) is 4.98 Å². The molecule has 3 heterocycles. The lowest BCUT2D eigenvalue weighted by molar-refractivity contribution is -0.137. The van der Waals surface area contributed by atoms with Gasteiger partial charge in [0.05, 0.1) is 5.52 Å². The summed E-state index contributed by atoms with van der Waals surface area (Å²) < 4.78 is 2.10. The van der Waals surface area contributed by atoms with E-state index in [2.05, 4.69) is 56.4 Å². The molecule has 0 bridgehead atoms. The second-order valence-corrected chi connectivity index (χ2v) is 9.73. The largest absolute Gasteiger partial charge is 0.338 e. The molecule has 1 atom stereocenters. The van der Waals surface area contributed by atoms with Crippen LogP contribution in [-0.4, -0.2) is 56.1 Å². The van der Waals surface area contributed by atoms with Crippen molar-refractivity contribution in [2.24, 2.45) is 5.92 Å². The number of carbonyl (C=O) groups is 1. The van der Waals surface area contributed by atoms with Crippen LogP contribution in [-0.2, 0) is 4.79 Å². The lowest BCUT2D eigenvalue weighted by atomic mass is 10.0. The third kappa shape index (κ3) is 3.42. The summed E-state index contributed by atoms with van der Waals surface area (Å²) in [6.07, 6.45) is 4.44. The molecule has 0 spiro atoms. The fraction of sp³-hybridized carbons (Fsp3) is 0.407. The van der Waals surface area contributed by atoms with Gasteiger partial charge < -0.3 is 9.80 Å². The van der Waals surface area contributed by atoms with E-state index in [1.165, 1.54) is 12.8 Å². The molecule has 7 nitrogen and oxygen atoms in total. The van der Waals surface area contributed by atoms with Gasteiger partial charge in [-0.1, -0.05) is 49.2 Å². The van der Waals surface area contributed by atoms with Crippen molar-refractivity contribution < 1.29 is 4.79 Å². The lowest BCUT2D eigenvalue weighted by Crippen LogP contribution is -2.55. The van der Waals surface area contributed by atoms with E-state index in [1.54, 1.807) is 0 Å². The molecule has 4 aromatic rings. The molecule has 2 fully saturated rings. The summed E-state index contributed by atoms with van der Waals surface area (Å²) in [5, 5.41) is 10.2. The first-order valence-corrected chi connectivity index (χ1v) is 12.4. The monoisotopic (exact) mass is 454 g/mol.